The van der Waals surface area contributed by atoms with Crippen molar-refractivity contribution >= 4 is 69.7 Å². The molecule has 3 aromatic carbocycles. The zero-order chi connectivity index (χ0) is 31.7. The Bertz CT molecular complexity index is 2230. The monoisotopic (exact) mass is 627 g/mol. The van der Waals surface area contributed by atoms with Crippen molar-refractivity contribution in [2.24, 2.45) is 0 Å². The lowest BCUT2D eigenvalue weighted by Gasteiger charge is -2.07. The summed E-state index contributed by atoms with van der Waals surface area (Å²) in [6, 6.07) is 39.1. The number of nitrogens with one attached hydrogen (secondary N) is 3. The van der Waals surface area contributed by atoms with Crippen LogP contribution in [-0.4, -0.2) is 25.8 Å². The minimum absolute atomic E-state index is 0.100. The molecule has 0 saturated heterocycles. The van der Waals surface area contributed by atoms with Gasteiger partial charge in [-0.2, -0.15) is 0 Å². The second-order valence-electron chi connectivity index (χ2n) is 11.3. The van der Waals surface area contributed by atoms with Gasteiger partial charge in [0, 0.05) is 50.7 Å². The molecule has 0 radical (unpaired) electrons. The maximum Gasteiger partial charge on any atom is 0.221 e. The highest BCUT2D eigenvalue weighted by molar-refractivity contribution is 7.99. The van der Waals surface area contributed by atoms with Gasteiger partial charge in [-0.05, 0) is 90.0 Å². The van der Waals surface area contributed by atoms with Crippen LogP contribution >= 0.6 is 11.8 Å². The number of amides is 1. The average molecular weight is 628 g/mol. The molecule has 8 bridgehead atoms. The van der Waals surface area contributed by atoms with E-state index in [-0.39, 0.29) is 5.91 Å². The van der Waals surface area contributed by atoms with Gasteiger partial charge < -0.3 is 15.3 Å². The lowest BCUT2D eigenvalue weighted by atomic mass is 10.0. The highest BCUT2D eigenvalue weighted by atomic mass is 32.2. The summed E-state index contributed by atoms with van der Waals surface area (Å²) >= 11 is 1.61. The van der Waals surface area contributed by atoms with Crippen molar-refractivity contribution < 1.29 is 4.79 Å². The number of carbonyl (C=O) groups excluding carboxylic acids is 1. The Morgan fingerprint density at radius 1 is 0.596 bits per heavy atom. The summed E-state index contributed by atoms with van der Waals surface area (Å²) in [7, 11) is 0. The smallest absolute Gasteiger partial charge is 0.221 e. The van der Waals surface area contributed by atoms with Gasteiger partial charge in [-0.15, -0.1) is 0 Å². The Kier molecular flexibility index (Phi) is 7.36. The Balaban J connectivity index is 1.43. The third-order valence-corrected chi connectivity index (χ3v) is 9.17. The number of hydrogen-bond acceptors (Lipinski definition) is 4. The van der Waals surface area contributed by atoms with Crippen LogP contribution in [0, 0.1) is 0 Å². The van der Waals surface area contributed by atoms with Gasteiger partial charge >= 0.3 is 0 Å². The van der Waals surface area contributed by atoms with E-state index < -0.39 is 0 Å². The molecule has 0 fully saturated rings. The molecule has 7 heteroatoms. The van der Waals surface area contributed by atoms with E-state index in [1.54, 1.807) is 11.8 Å². The van der Waals surface area contributed by atoms with Crippen molar-refractivity contribution in [3.63, 3.8) is 0 Å². The lowest BCUT2D eigenvalue weighted by Crippen LogP contribution is -2.05. The molecule has 0 unspecified atom stereocenters. The van der Waals surface area contributed by atoms with Crippen molar-refractivity contribution in [3.05, 3.63) is 138 Å². The van der Waals surface area contributed by atoms with Gasteiger partial charge in [0.25, 0.3) is 0 Å². The van der Waals surface area contributed by atoms with Gasteiger partial charge in [0.15, 0.2) is 0 Å². The van der Waals surface area contributed by atoms with Gasteiger partial charge in [0.1, 0.15) is 0 Å². The molecule has 6 nitrogen and oxygen atoms in total. The summed E-state index contributed by atoms with van der Waals surface area (Å²) in [4.78, 5) is 31.3. The van der Waals surface area contributed by atoms with Crippen molar-refractivity contribution in [3.8, 4) is 22.3 Å². The predicted molar refractivity (Wildman–Crippen MR) is 195 cm³/mol. The largest absolute Gasteiger partial charge is 0.355 e. The third-order valence-electron chi connectivity index (χ3n) is 8.04. The summed E-state index contributed by atoms with van der Waals surface area (Å²) in [5, 5.41) is 2.85. The number of aromatic amines is 2. The standard InChI is InChI=1S/C40H29N5OS/c1-25(46)41-28-12-16-31(17-13-28)47-40-36-22-20-34(44-36)38(26-8-4-2-5-9-26)32-18-14-29(42-32)24-30-15-19-33(43-30)39(27-10-6-3-7-11-27)35-21-23-37(40)45-35/h2-24,42-43H,1H3,(H,41,46). The van der Waals surface area contributed by atoms with E-state index in [0.717, 1.165) is 82.6 Å². The predicted octanol–water partition coefficient (Wildman–Crippen LogP) is 10.1. The van der Waals surface area contributed by atoms with Crippen LogP contribution in [0.4, 0.5) is 5.69 Å². The number of anilines is 1. The fraction of sp³-hybridized carbons (Fsp3) is 0.0250. The van der Waals surface area contributed by atoms with E-state index in [4.69, 9.17) is 9.97 Å². The SMILES string of the molecule is CC(=O)Nc1ccc(Sc2c3nc(c(-c4ccccc4)c4ccc(cc5ccc([nH]5)c(-c5ccccc5)c5nc2C=C5)[nH]4)C=C3)cc1. The van der Waals surface area contributed by atoms with Gasteiger partial charge in [-0.25, -0.2) is 9.97 Å². The number of benzene rings is 3. The maximum absolute atomic E-state index is 11.6. The number of nitrogens with zero attached hydrogens (tertiary/aromatic N) is 2. The number of H-pyrrole nitrogens is 2. The molecule has 0 spiro atoms. The highest BCUT2D eigenvalue weighted by Crippen LogP contribution is 2.39. The van der Waals surface area contributed by atoms with Gasteiger partial charge in [-0.1, -0.05) is 72.4 Å². The quantitative estimate of drug-likeness (QED) is 0.177. The van der Waals surface area contributed by atoms with E-state index in [1.807, 2.05) is 36.4 Å². The fourth-order valence-electron chi connectivity index (χ4n) is 5.96. The van der Waals surface area contributed by atoms with Crippen molar-refractivity contribution in [1.82, 2.24) is 19.9 Å². The molecule has 2 aliphatic heterocycles. The molecule has 47 heavy (non-hydrogen) atoms. The van der Waals surface area contributed by atoms with Crippen molar-refractivity contribution in [1.29, 1.82) is 0 Å². The first kappa shape index (κ1) is 28.5. The number of aromatic nitrogens is 4. The molecule has 0 atom stereocenters. The maximum atomic E-state index is 11.6. The highest BCUT2D eigenvalue weighted by Gasteiger charge is 2.18. The normalized spacial score (nSPS) is 11.9. The Morgan fingerprint density at radius 2 is 1.09 bits per heavy atom. The van der Waals surface area contributed by atoms with Crippen LogP contribution in [-0.2, 0) is 4.79 Å². The van der Waals surface area contributed by atoms with Crippen LogP contribution in [0.1, 0.15) is 29.7 Å². The number of rotatable bonds is 5. The minimum Gasteiger partial charge on any atom is -0.355 e. The number of carbonyl (C=O) groups is 1. The lowest BCUT2D eigenvalue weighted by molar-refractivity contribution is -0.114. The molecule has 8 rings (SSSR count). The molecule has 1 amide bonds. The molecule has 226 valence electrons. The first-order chi connectivity index (χ1) is 23.1. The first-order valence-electron chi connectivity index (χ1n) is 15.4. The second-order valence-corrected chi connectivity index (χ2v) is 12.4. The molecule has 5 heterocycles. The van der Waals surface area contributed by atoms with Crippen LogP contribution < -0.4 is 5.32 Å². The summed E-state index contributed by atoms with van der Waals surface area (Å²) in [5.74, 6) is -0.100. The Morgan fingerprint density at radius 3 is 1.57 bits per heavy atom. The number of fused-ring (bicyclic) bond motifs is 8. The summed E-state index contributed by atoms with van der Waals surface area (Å²) in [6.45, 7) is 1.51. The molecule has 3 aromatic heterocycles. The van der Waals surface area contributed by atoms with Crippen LogP contribution in [0.3, 0.4) is 0 Å². The summed E-state index contributed by atoms with van der Waals surface area (Å²) in [5.41, 5.74) is 12.3. The fourth-order valence-corrected chi connectivity index (χ4v) is 6.91. The Hall–Kier alpha value is -5.92. The zero-order valence-corrected chi connectivity index (χ0v) is 26.3. The van der Waals surface area contributed by atoms with Crippen LogP contribution in [0.5, 0.6) is 0 Å². The molecule has 2 aliphatic rings. The molecular weight excluding hydrogens is 599 g/mol. The average Bonchev–Trinajstić information content (AvgIpc) is 3.92. The third kappa shape index (κ3) is 5.80. The van der Waals surface area contributed by atoms with E-state index >= 15 is 0 Å². The minimum atomic E-state index is -0.100. The van der Waals surface area contributed by atoms with Crippen molar-refractivity contribution in [2.75, 3.05) is 5.32 Å². The van der Waals surface area contributed by atoms with Gasteiger partial charge in [0.05, 0.1) is 27.7 Å². The van der Waals surface area contributed by atoms with E-state index in [9.17, 15) is 4.79 Å². The molecule has 0 aliphatic carbocycles. The van der Waals surface area contributed by atoms with E-state index in [1.165, 1.54) is 6.92 Å². The van der Waals surface area contributed by atoms with Crippen LogP contribution in [0.2, 0.25) is 0 Å². The van der Waals surface area contributed by atoms with Crippen LogP contribution in [0.15, 0.2) is 125 Å². The van der Waals surface area contributed by atoms with E-state index in [2.05, 4.69) is 118 Å². The second kappa shape index (κ2) is 12.1. The number of hydrogen-bond donors (Lipinski definition) is 3. The van der Waals surface area contributed by atoms with Crippen LogP contribution in [0.25, 0.3) is 68.6 Å². The van der Waals surface area contributed by atoms with Gasteiger partial charge in [0.2, 0.25) is 5.91 Å². The van der Waals surface area contributed by atoms with E-state index in [0.29, 0.717) is 0 Å². The molecular formula is C40H29N5OS. The molecule has 6 aromatic rings. The topological polar surface area (TPSA) is 86.5 Å². The molecule has 0 saturated carbocycles. The summed E-state index contributed by atoms with van der Waals surface area (Å²) in [6.07, 6.45) is 8.33. The van der Waals surface area contributed by atoms with Crippen molar-refractivity contribution in [2.45, 2.75) is 16.7 Å². The first-order valence-corrected chi connectivity index (χ1v) is 16.2. The summed E-state index contributed by atoms with van der Waals surface area (Å²) < 4.78 is 0. The Labute approximate surface area is 276 Å². The van der Waals surface area contributed by atoms with Gasteiger partial charge in [-0.3, -0.25) is 4.79 Å². The molecule has 3 N–H and O–H groups in total. The zero-order valence-electron chi connectivity index (χ0n) is 25.5.